The first-order valence-electron chi connectivity index (χ1n) is 7.12. The first-order chi connectivity index (χ1) is 10.7. The van der Waals surface area contributed by atoms with Crippen molar-refractivity contribution in [2.45, 2.75) is 36.8 Å². The van der Waals surface area contributed by atoms with E-state index in [0.29, 0.717) is 12.5 Å². The number of hydrogen-bond donors (Lipinski definition) is 2. The Labute approximate surface area is 132 Å². The Morgan fingerprint density at radius 1 is 1.39 bits per heavy atom. The van der Waals surface area contributed by atoms with Crippen molar-refractivity contribution in [3.63, 3.8) is 0 Å². The van der Waals surface area contributed by atoms with E-state index in [1.165, 1.54) is 24.0 Å². The Hall–Kier alpha value is -1.55. The van der Waals surface area contributed by atoms with E-state index < -0.39 is 27.6 Å². The van der Waals surface area contributed by atoms with E-state index in [9.17, 15) is 21.6 Å². The molecule has 0 unspecified atom stereocenters. The first-order valence-corrected chi connectivity index (χ1v) is 8.60. The van der Waals surface area contributed by atoms with Crippen LogP contribution in [0, 0.1) is 5.92 Å². The molecule has 0 aromatic carbocycles. The van der Waals surface area contributed by atoms with E-state index in [-0.39, 0.29) is 11.6 Å². The molecule has 3 N–H and O–H groups in total. The fourth-order valence-corrected chi connectivity index (χ4v) is 3.07. The second-order valence-electron chi connectivity index (χ2n) is 5.44. The molecule has 0 aliphatic heterocycles. The number of sulfonamides is 1. The lowest BCUT2D eigenvalue weighted by Gasteiger charge is -2.24. The van der Waals surface area contributed by atoms with Gasteiger partial charge in [-0.05, 0) is 18.4 Å². The summed E-state index contributed by atoms with van der Waals surface area (Å²) in [6, 6.07) is 1.03. The summed E-state index contributed by atoms with van der Waals surface area (Å²) in [6.45, 7) is -1.24. The average molecular weight is 353 g/mol. The summed E-state index contributed by atoms with van der Waals surface area (Å²) in [5, 5.41) is 0. The third kappa shape index (κ3) is 5.24. The van der Waals surface area contributed by atoms with Gasteiger partial charge in [0.15, 0.2) is 0 Å². The number of halogens is 3. The van der Waals surface area contributed by atoms with Crippen molar-refractivity contribution in [3.05, 3.63) is 12.3 Å². The molecule has 1 fully saturated rings. The summed E-state index contributed by atoms with van der Waals surface area (Å²) in [5.74, 6) is 0.724. The van der Waals surface area contributed by atoms with Crippen LogP contribution in [0.25, 0.3) is 0 Å². The number of nitrogen functional groups attached to an aromatic ring is 1. The predicted molar refractivity (Wildman–Crippen MR) is 77.3 cm³/mol. The molecule has 0 bridgehead atoms. The van der Waals surface area contributed by atoms with Crippen LogP contribution in [0.5, 0.6) is 5.88 Å². The zero-order valence-corrected chi connectivity index (χ0v) is 13.1. The maximum atomic E-state index is 12.1. The van der Waals surface area contributed by atoms with Crippen LogP contribution in [-0.2, 0) is 10.0 Å². The largest absolute Gasteiger partial charge is 0.476 e. The quantitative estimate of drug-likeness (QED) is 0.783. The summed E-state index contributed by atoms with van der Waals surface area (Å²) >= 11 is 0. The van der Waals surface area contributed by atoms with Gasteiger partial charge in [0.05, 0.1) is 18.5 Å². The van der Waals surface area contributed by atoms with Crippen molar-refractivity contribution in [1.82, 2.24) is 9.71 Å². The third-order valence-corrected chi connectivity index (χ3v) is 4.98. The van der Waals surface area contributed by atoms with Crippen LogP contribution >= 0.6 is 0 Å². The molecular weight excluding hydrogens is 335 g/mol. The van der Waals surface area contributed by atoms with Crippen LogP contribution in [0.4, 0.5) is 18.9 Å². The van der Waals surface area contributed by atoms with Gasteiger partial charge in [0.2, 0.25) is 15.9 Å². The number of rotatable bonds is 7. The lowest BCUT2D eigenvalue weighted by atomic mass is 9.83. The lowest BCUT2D eigenvalue weighted by Crippen LogP contribution is -2.33. The highest BCUT2D eigenvalue weighted by atomic mass is 32.2. The molecule has 2 rings (SSSR count). The number of alkyl halides is 3. The second-order valence-corrected chi connectivity index (χ2v) is 7.21. The summed E-state index contributed by atoms with van der Waals surface area (Å²) in [7, 11) is -4.33. The van der Waals surface area contributed by atoms with Crippen LogP contribution in [0.3, 0.4) is 0 Å². The minimum atomic E-state index is -4.64. The number of nitrogens with zero attached hydrogens (tertiary/aromatic N) is 1. The minimum Gasteiger partial charge on any atom is -0.476 e. The fourth-order valence-electron chi connectivity index (χ4n) is 2.08. The molecule has 0 amide bonds. The number of aromatic nitrogens is 1. The van der Waals surface area contributed by atoms with Crippen molar-refractivity contribution in [1.29, 1.82) is 0 Å². The van der Waals surface area contributed by atoms with E-state index in [4.69, 9.17) is 10.5 Å². The molecule has 0 saturated heterocycles. The van der Waals surface area contributed by atoms with Crippen molar-refractivity contribution in [2.24, 2.45) is 5.92 Å². The maximum Gasteiger partial charge on any atom is 0.402 e. The SMILES string of the molecule is Nc1cc(S(=O)(=O)NCC(F)(F)F)cnc1OCCC1CCC1. The number of hydrogen-bond acceptors (Lipinski definition) is 5. The molecular formula is C13H18F3N3O3S. The summed E-state index contributed by atoms with van der Waals surface area (Å²) < 4.78 is 66.6. The first kappa shape index (κ1) is 17.8. The number of nitrogens with one attached hydrogen (secondary N) is 1. The van der Waals surface area contributed by atoms with Crippen molar-refractivity contribution < 1.29 is 26.3 Å². The molecule has 1 saturated carbocycles. The van der Waals surface area contributed by atoms with Crippen LogP contribution < -0.4 is 15.2 Å². The monoisotopic (exact) mass is 353 g/mol. The molecule has 1 aromatic rings. The number of nitrogens with two attached hydrogens (primary N) is 1. The molecule has 130 valence electrons. The zero-order valence-electron chi connectivity index (χ0n) is 12.3. The van der Waals surface area contributed by atoms with E-state index in [2.05, 4.69) is 4.98 Å². The highest BCUT2D eigenvalue weighted by Gasteiger charge is 2.30. The minimum absolute atomic E-state index is 0.0338. The average Bonchev–Trinajstić information content (AvgIpc) is 2.40. The Morgan fingerprint density at radius 2 is 2.09 bits per heavy atom. The van der Waals surface area contributed by atoms with Crippen LogP contribution in [-0.4, -0.2) is 32.7 Å². The number of anilines is 1. The van der Waals surface area contributed by atoms with Crippen molar-refractivity contribution in [3.8, 4) is 5.88 Å². The molecule has 1 aliphatic rings. The van der Waals surface area contributed by atoms with Crippen LogP contribution in [0.15, 0.2) is 17.2 Å². The van der Waals surface area contributed by atoms with Crippen LogP contribution in [0.1, 0.15) is 25.7 Å². The normalized spacial score (nSPS) is 16.1. The summed E-state index contributed by atoms with van der Waals surface area (Å²) in [5.41, 5.74) is 5.63. The van der Waals surface area contributed by atoms with Crippen molar-refractivity contribution in [2.75, 3.05) is 18.9 Å². The number of ether oxygens (including phenoxy) is 1. The van der Waals surface area contributed by atoms with Gasteiger partial charge in [0, 0.05) is 0 Å². The molecule has 10 heteroatoms. The van der Waals surface area contributed by atoms with Gasteiger partial charge in [-0.15, -0.1) is 0 Å². The van der Waals surface area contributed by atoms with E-state index in [1.54, 1.807) is 0 Å². The standard InChI is InChI=1S/C13H18F3N3O3S/c14-13(15,16)8-19-23(20,21)10-6-11(17)12(18-7-10)22-5-4-9-2-1-3-9/h6-7,9,19H,1-5,8,17H2. The highest BCUT2D eigenvalue weighted by Crippen LogP contribution is 2.30. The van der Waals surface area contributed by atoms with Gasteiger partial charge in [-0.25, -0.2) is 18.1 Å². The van der Waals surface area contributed by atoms with Gasteiger partial charge < -0.3 is 10.5 Å². The molecule has 0 radical (unpaired) electrons. The molecule has 1 heterocycles. The smallest absolute Gasteiger partial charge is 0.402 e. The molecule has 23 heavy (non-hydrogen) atoms. The Bertz CT molecular complexity index is 646. The second kappa shape index (κ2) is 6.91. The molecule has 1 aromatic heterocycles. The molecule has 1 aliphatic carbocycles. The summed E-state index contributed by atoms with van der Waals surface area (Å²) in [6.07, 6.45) is 0.726. The Morgan fingerprint density at radius 3 is 2.61 bits per heavy atom. The van der Waals surface area contributed by atoms with Crippen molar-refractivity contribution >= 4 is 15.7 Å². The van der Waals surface area contributed by atoms with Crippen LogP contribution in [0.2, 0.25) is 0 Å². The summed E-state index contributed by atoms with van der Waals surface area (Å²) in [4.78, 5) is 3.34. The zero-order chi connectivity index (χ0) is 17.1. The van der Waals surface area contributed by atoms with Gasteiger partial charge in [-0.1, -0.05) is 19.3 Å². The van der Waals surface area contributed by atoms with E-state index in [1.807, 2.05) is 0 Å². The topological polar surface area (TPSA) is 94.3 Å². The number of pyridine rings is 1. The van der Waals surface area contributed by atoms with Gasteiger partial charge in [-0.3, -0.25) is 0 Å². The maximum absolute atomic E-state index is 12.1. The lowest BCUT2D eigenvalue weighted by molar-refractivity contribution is -0.121. The third-order valence-electron chi connectivity index (χ3n) is 3.62. The van der Waals surface area contributed by atoms with Gasteiger partial charge in [-0.2, -0.15) is 13.2 Å². The molecule has 0 spiro atoms. The van der Waals surface area contributed by atoms with Gasteiger partial charge in [0.25, 0.3) is 0 Å². The highest BCUT2D eigenvalue weighted by molar-refractivity contribution is 7.89. The molecule has 6 nitrogen and oxygen atoms in total. The molecule has 0 atom stereocenters. The Balaban J connectivity index is 1.96. The predicted octanol–water partition coefficient (Wildman–Crippen LogP) is 2.07. The van der Waals surface area contributed by atoms with E-state index >= 15 is 0 Å². The Kier molecular flexibility index (Phi) is 5.35. The fraction of sp³-hybridized carbons (Fsp3) is 0.615. The van der Waals surface area contributed by atoms with Gasteiger partial charge >= 0.3 is 6.18 Å². The van der Waals surface area contributed by atoms with E-state index in [0.717, 1.165) is 18.7 Å². The van der Waals surface area contributed by atoms with Gasteiger partial charge in [0.1, 0.15) is 11.4 Å².